The number of hydrogen-bond donors (Lipinski definition) is 0. The molecule has 0 spiro atoms. The molecule has 9 rings (SSSR count). The molecule has 0 aliphatic carbocycles. The van der Waals surface area contributed by atoms with Crippen molar-refractivity contribution in [2.24, 2.45) is 0 Å². The lowest BCUT2D eigenvalue weighted by atomic mass is 10.0. The number of fused-ring (bicyclic) bond motifs is 3. The van der Waals surface area contributed by atoms with Crippen molar-refractivity contribution in [1.29, 1.82) is 0 Å². The maximum Gasteiger partial charge on any atom is 0.161 e. The molecule has 49 heavy (non-hydrogen) atoms. The van der Waals surface area contributed by atoms with Gasteiger partial charge in [0.2, 0.25) is 0 Å². The second kappa shape index (κ2) is 12.4. The number of benzene rings is 6. The van der Waals surface area contributed by atoms with Gasteiger partial charge in [-0.3, -0.25) is 0 Å². The highest BCUT2D eigenvalue weighted by Crippen LogP contribution is 2.41. The second-order valence-corrected chi connectivity index (χ2v) is 12.9. The van der Waals surface area contributed by atoms with E-state index in [4.69, 9.17) is 19.9 Å². The second-order valence-electron chi connectivity index (χ2n) is 11.9. The third-order valence-electron chi connectivity index (χ3n) is 8.73. The number of rotatable bonds is 6. The maximum absolute atomic E-state index is 5.14. The van der Waals surface area contributed by atoms with Gasteiger partial charge in [0.15, 0.2) is 11.6 Å². The molecule has 0 unspecified atom stereocenters. The van der Waals surface area contributed by atoms with Crippen LogP contribution in [0.2, 0.25) is 0 Å². The molecule has 5 heteroatoms. The highest BCUT2D eigenvalue weighted by atomic mass is 32.1. The first-order chi connectivity index (χ1) is 24.3. The van der Waals surface area contributed by atoms with Crippen LogP contribution in [0, 0.1) is 0 Å². The molecule has 6 aromatic carbocycles. The van der Waals surface area contributed by atoms with Crippen molar-refractivity contribution in [1.82, 2.24) is 19.9 Å². The van der Waals surface area contributed by atoms with Gasteiger partial charge in [-0.05, 0) is 30.3 Å². The summed E-state index contributed by atoms with van der Waals surface area (Å²) in [6.07, 6.45) is 0. The van der Waals surface area contributed by atoms with Crippen LogP contribution >= 0.6 is 11.3 Å². The van der Waals surface area contributed by atoms with E-state index < -0.39 is 0 Å². The van der Waals surface area contributed by atoms with Crippen LogP contribution in [0.3, 0.4) is 0 Å². The van der Waals surface area contributed by atoms with Crippen molar-refractivity contribution < 1.29 is 0 Å². The van der Waals surface area contributed by atoms with E-state index in [0.29, 0.717) is 11.6 Å². The number of nitrogens with zero attached hydrogens (tertiary/aromatic N) is 4. The van der Waals surface area contributed by atoms with Gasteiger partial charge in [0, 0.05) is 53.6 Å². The van der Waals surface area contributed by atoms with Gasteiger partial charge in [-0.1, -0.05) is 140 Å². The fourth-order valence-electron chi connectivity index (χ4n) is 6.28. The van der Waals surface area contributed by atoms with Crippen molar-refractivity contribution in [3.05, 3.63) is 170 Å². The summed E-state index contributed by atoms with van der Waals surface area (Å²) in [6, 6.07) is 58.4. The zero-order chi connectivity index (χ0) is 32.6. The molecular weight excluding hydrogens is 617 g/mol. The van der Waals surface area contributed by atoms with Crippen LogP contribution in [0.25, 0.3) is 88.0 Å². The molecule has 3 aromatic heterocycles. The van der Waals surface area contributed by atoms with Crippen molar-refractivity contribution >= 4 is 31.5 Å². The molecule has 0 amide bonds. The normalized spacial score (nSPS) is 11.3. The number of thiophene rings is 1. The summed E-state index contributed by atoms with van der Waals surface area (Å²) in [5, 5.41) is 2.36. The van der Waals surface area contributed by atoms with Gasteiger partial charge in [-0.15, -0.1) is 11.3 Å². The minimum absolute atomic E-state index is 0.708. The largest absolute Gasteiger partial charge is 0.228 e. The van der Waals surface area contributed by atoms with E-state index in [2.05, 4.69) is 97.1 Å². The first kappa shape index (κ1) is 28.9. The first-order valence-electron chi connectivity index (χ1n) is 16.2. The van der Waals surface area contributed by atoms with Gasteiger partial charge in [-0.25, -0.2) is 19.9 Å². The van der Waals surface area contributed by atoms with E-state index in [1.54, 1.807) is 11.3 Å². The molecule has 0 saturated carbocycles. The molecule has 0 aliphatic rings. The molecule has 9 aromatic rings. The van der Waals surface area contributed by atoms with Gasteiger partial charge in [0.05, 0.1) is 22.8 Å². The third-order valence-corrected chi connectivity index (χ3v) is 9.95. The zero-order valence-electron chi connectivity index (χ0n) is 26.4. The van der Waals surface area contributed by atoms with Crippen molar-refractivity contribution in [3.63, 3.8) is 0 Å². The Kier molecular flexibility index (Phi) is 7.30. The average molecular weight is 645 g/mol. The van der Waals surface area contributed by atoms with Crippen LogP contribution in [0.4, 0.5) is 0 Å². The smallest absolute Gasteiger partial charge is 0.161 e. The molecule has 0 aliphatic heterocycles. The Bertz CT molecular complexity index is 2470. The molecule has 230 valence electrons. The summed E-state index contributed by atoms with van der Waals surface area (Å²) in [4.78, 5) is 20.3. The topological polar surface area (TPSA) is 51.6 Å². The summed E-state index contributed by atoms with van der Waals surface area (Å²) in [7, 11) is 0. The lowest BCUT2D eigenvalue weighted by Gasteiger charge is -2.10. The van der Waals surface area contributed by atoms with Gasteiger partial charge < -0.3 is 0 Å². The van der Waals surface area contributed by atoms with E-state index in [1.807, 2.05) is 72.8 Å². The van der Waals surface area contributed by atoms with Crippen molar-refractivity contribution in [2.75, 3.05) is 0 Å². The van der Waals surface area contributed by atoms with Crippen LogP contribution in [0.5, 0.6) is 0 Å². The number of hydrogen-bond acceptors (Lipinski definition) is 5. The van der Waals surface area contributed by atoms with E-state index in [1.165, 1.54) is 15.5 Å². The SMILES string of the molecule is c1ccc(-c2cc(-c3ccc4sc5c(-c6nc(-c7ccccc7)cc(-c7ccccc7)n6)cccc5c4c3)nc(-c3ccccc3)n2)cc1. The zero-order valence-corrected chi connectivity index (χ0v) is 27.2. The Morgan fingerprint density at radius 2 is 0.796 bits per heavy atom. The van der Waals surface area contributed by atoms with Gasteiger partial charge in [0.25, 0.3) is 0 Å². The van der Waals surface area contributed by atoms with Crippen LogP contribution in [-0.4, -0.2) is 19.9 Å². The highest BCUT2D eigenvalue weighted by Gasteiger charge is 2.17. The third kappa shape index (κ3) is 5.56. The Hall–Kier alpha value is -6.30. The molecule has 0 bridgehead atoms. The summed E-state index contributed by atoms with van der Waals surface area (Å²) in [5.41, 5.74) is 9.82. The molecule has 3 heterocycles. The molecule has 0 radical (unpaired) electrons. The highest BCUT2D eigenvalue weighted by molar-refractivity contribution is 7.26. The quantitative estimate of drug-likeness (QED) is 0.181. The molecule has 4 nitrogen and oxygen atoms in total. The van der Waals surface area contributed by atoms with Crippen LogP contribution in [0.15, 0.2) is 170 Å². The first-order valence-corrected chi connectivity index (χ1v) is 17.0. The predicted octanol–water partition coefficient (Wildman–Crippen LogP) is 11.6. The standard InChI is InChI=1S/C44H28N4S/c1-5-14-29(15-6-1)37-28-40(46-43(45-37)32-20-11-4-12-21-32)33-24-25-41-36(26-33)34-22-13-23-35(42(34)49-41)44-47-38(30-16-7-2-8-17-30)27-39(48-44)31-18-9-3-10-19-31/h1-28H. The Balaban J connectivity index is 1.20. The number of aromatic nitrogens is 4. The molecule has 0 atom stereocenters. The van der Waals surface area contributed by atoms with Crippen molar-refractivity contribution in [3.8, 4) is 67.8 Å². The monoisotopic (exact) mass is 644 g/mol. The summed E-state index contributed by atoms with van der Waals surface area (Å²) in [5.74, 6) is 1.42. The summed E-state index contributed by atoms with van der Waals surface area (Å²) in [6.45, 7) is 0. The minimum atomic E-state index is 0.708. The summed E-state index contributed by atoms with van der Waals surface area (Å²) >= 11 is 1.78. The average Bonchev–Trinajstić information content (AvgIpc) is 3.57. The molecule has 0 fully saturated rings. The Morgan fingerprint density at radius 3 is 1.33 bits per heavy atom. The molecule has 0 N–H and O–H groups in total. The molecule has 0 saturated heterocycles. The van der Waals surface area contributed by atoms with Crippen LogP contribution in [-0.2, 0) is 0 Å². The fourth-order valence-corrected chi connectivity index (χ4v) is 7.48. The Labute approximate surface area is 288 Å². The van der Waals surface area contributed by atoms with E-state index in [-0.39, 0.29) is 0 Å². The predicted molar refractivity (Wildman–Crippen MR) is 203 cm³/mol. The lowest BCUT2D eigenvalue weighted by Crippen LogP contribution is -1.96. The van der Waals surface area contributed by atoms with Crippen LogP contribution in [0.1, 0.15) is 0 Å². The molecular formula is C44H28N4S. The Morgan fingerprint density at radius 1 is 0.327 bits per heavy atom. The van der Waals surface area contributed by atoms with Crippen molar-refractivity contribution in [2.45, 2.75) is 0 Å². The lowest BCUT2D eigenvalue weighted by molar-refractivity contribution is 1.18. The van der Waals surface area contributed by atoms with Crippen LogP contribution < -0.4 is 0 Å². The van der Waals surface area contributed by atoms with E-state index in [9.17, 15) is 0 Å². The van der Waals surface area contributed by atoms with Gasteiger partial charge in [0.1, 0.15) is 0 Å². The maximum atomic E-state index is 5.14. The minimum Gasteiger partial charge on any atom is -0.228 e. The van der Waals surface area contributed by atoms with E-state index >= 15 is 0 Å². The van der Waals surface area contributed by atoms with E-state index in [0.717, 1.165) is 60.9 Å². The summed E-state index contributed by atoms with van der Waals surface area (Å²) < 4.78 is 2.37. The fraction of sp³-hybridized carbons (Fsp3) is 0. The van der Waals surface area contributed by atoms with Gasteiger partial charge in [-0.2, -0.15) is 0 Å². The van der Waals surface area contributed by atoms with Gasteiger partial charge >= 0.3 is 0 Å².